The molecule has 0 unspecified atom stereocenters. The van der Waals surface area contributed by atoms with Crippen molar-refractivity contribution in [1.29, 1.82) is 0 Å². The summed E-state index contributed by atoms with van der Waals surface area (Å²) in [5.74, 6) is 6.85. The Morgan fingerprint density at radius 2 is 2.08 bits per heavy atom. The number of thioether (sulfide) groups is 1. The van der Waals surface area contributed by atoms with E-state index >= 15 is 0 Å². The van der Waals surface area contributed by atoms with Crippen molar-refractivity contribution in [2.24, 2.45) is 0 Å². The molecule has 3 rings (SSSR count). The first-order valence-corrected chi connectivity index (χ1v) is 8.67. The Morgan fingerprint density at radius 1 is 1.32 bits per heavy atom. The highest BCUT2D eigenvalue weighted by molar-refractivity contribution is 8.00. The summed E-state index contributed by atoms with van der Waals surface area (Å²) in [6, 6.07) is 11.5. The molecule has 2 aromatic heterocycles. The molecule has 0 aliphatic carbocycles. The Labute approximate surface area is 149 Å². The topological polar surface area (TPSA) is 99.0 Å². The van der Waals surface area contributed by atoms with Gasteiger partial charge in [0, 0.05) is 6.54 Å². The lowest BCUT2D eigenvalue weighted by atomic mass is 10.1. The summed E-state index contributed by atoms with van der Waals surface area (Å²) in [5, 5.41) is 11.1. The van der Waals surface area contributed by atoms with Gasteiger partial charge in [-0.15, -0.1) is 10.2 Å². The standard InChI is InChI=1S/C17H19N5O2S/c1-11-5-7-13(8-6-11)10-19-16(23)12(2)25-17-21-20-15(22(17)18)14-4-3-9-24-14/h3-9,12H,10,18H2,1-2H3,(H,19,23)/t12-/m0/s1. The van der Waals surface area contributed by atoms with Crippen molar-refractivity contribution in [3.63, 3.8) is 0 Å². The first kappa shape index (κ1) is 17.1. The van der Waals surface area contributed by atoms with Crippen LogP contribution in [0.5, 0.6) is 0 Å². The zero-order valence-corrected chi connectivity index (χ0v) is 14.8. The van der Waals surface area contributed by atoms with E-state index in [1.54, 1.807) is 19.1 Å². The average Bonchev–Trinajstić information content (AvgIpc) is 3.24. The van der Waals surface area contributed by atoms with Gasteiger partial charge in [-0.05, 0) is 31.5 Å². The molecule has 0 spiro atoms. The van der Waals surface area contributed by atoms with Gasteiger partial charge < -0.3 is 15.6 Å². The third kappa shape index (κ3) is 4.03. The van der Waals surface area contributed by atoms with E-state index in [9.17, 15) is 4.79 Å². The maximum Gasteiger partial charge on any atom is 0.233 e. The Morgan fingerprint density at radius 3 is 2.76 bits per heavy atom. The summed E-state index contributed by atoms with van der Waals surface area (Å²) < 4.78 is 6.60. The van der Waals surface area contributed by atoms with Gasteiger partial charge in [0.05, 0.1) is 11.5 Å². The number of carbonyl (C=O) groups is 1. The van der Waals surface area contributed by atoms with Crippen molar-refractivity contribution in [1.82, 2.24) is 20.2 Å². The molecule has 0 saturated carbocycles. The summed E-state index contributed by atoms with van der Waals surface area (Å²) >= 11 is 1.24. The predicted octanol–water partition coefficient (Wildman–Crippen LogP) is 2.36. The second kappa shape index (κ2) is 7.43. The second-order valence-electron chi connectivity index (χ2n) is 5.62. The summed E-state index contributed by atoms with van der Waals surface area (Å²) in [4.78, 5) is 12.3. The van der Waals surface area contributed by atoms with Crippen molar-refractivity contribution >= 4 is 17.7 Å². The lowest BCUT2D eigenvalue weighted by Crippen LogP contribution is -2.30. The number of nitrogens with zero attached hydrogens (tertiary/aromatic N) is 3. The number of hydrogen-bond acceptors (Lipinski definition) is 6. The third-order valence-corrected chi connectivity index (χ3v) is 4.70. The first-order chi connectivity index (χ1) is 12.0. The molecule has 0 fully saturated rings. The SMILES string of the molecule is Cc1ccc(CNC(=O)[C@H](C)Sc2nnc(-c3ccco3)n2N)cc1. The van der Waals surface area contributed by atoms with Crippen LogP contribution in [0.3, 0.4) is 0 Å². The van der Waals surface area contributed by atoms with Gasteiger partial charge in [-0.25, -0.2) is 4.68 Å². The molecule has 0 radical (unpaired) electrons. The van der Waals surface area contributed by atoms with Crippen molar-refractivity contribution in [2.75, 3.05) is 5.84 Å². The average molecular weight is 357 g/mol. The number of nitrogens with one attached hydrogen (secondary N) is 1. The van der Waals surface area contributed by atoms with Crippen molar-refractivity contribution in [3.05, 3.63) is 53.8 Å². The highest BCUT2D eigenvalue weighted by Gasteiger charge is 2.20. The van der Waals surface area contributed by atoms with Crippen LogP contribution in [-0.4, -0.2) is 26.0 Å². The zero-order valence-electron chi connectivity index (χ0n) is 14.0. The Balaban J connectivity index is 1.59. The molecule has 0 aliphatic heterocycles. The number of carbonyl (C=O) groups excluding carboxylic acids is 1. The number of furan rings is 1. The van der Waals surface area contributed by atoms with Gasteiger partial charge in [0.15, 0.2) is 5.76 Å². The molecule has 8 heteroatoms. The number of benzene rings is 1. The van der Waals surface area contributed by atoms with Crippen LogP contribution in [0.25, 0.3) is 11.6 Å². The van der Waals surface area contributed by atoms with Crippen LogP contribution in [-0.2, 0) is 11.3 Å². The van der Waals surface area contributed by atoms with E-state index in [2.05, 4.69) is 15.5 Å². The summed E-state index contributed by atoms with van der Waals surface area (Å²) in [5.41, 5.74) is 2.24. The highest BCUT2D eigenvalue weighted by atomic mass is 32.2. The van der Waals surface area contributed by atoms with Gasteiger partial charge in [-0.1, -0.05) is 41.6 Å². The normalized spacial score (nSPS) is 12.1. The van der Waals surface area contributed by atoms with E-state index in [1.807, 2.05) is 31.2 Å². The molecule has 7 nitrogen and oxygen atoms in total. The molecular formula is C17H19N5O2S. The third-order valence-electron chi connectivity index (χ3n) is 3.64. The van der Waals surface area contributed by atoms with Gasteiger partial charge in [-0.3, -0.25) is 4.79 Å². The minimum absolute atomic E-state index is 0.0897. The molecule has 0 aliphatic rings. The number of rotatable bonds is 6. The molecule has 2 heterocycles. The van der Waals surface area contributed by atoms with Gasteiger partial charge in [0.1, 0.15) is 0 Å². The minimum atomic E-state index is -0.360. The summed E-state index contributed by atoms with van der Waals surface area (Å²) in [6.45, 7) is 4.31. The Kier molecular flexibility index (Phi) is 5.08. The van der Waals surface area contributed by atoms with E-state index in [0.29, 0.717) is 23.3 Å². The maximum atomic E-state index is 12.3. The molecule has 0 saturated heterocycles. The molecule has 1 atom stereocenters. The van der Waals surface area contributed by atoms with Gasteiger partial charge in [0.2, 0.25) is 16.9 Å². The molecule has 130 valence electrons. The number of nitrogens with two attached hydrogens (primary N) is 1. The summed E-state index contributed by atoms with van der Waals surface area (Å²) in [6.07, 6.45) is 1.54. The van der Waals surface area contributed by atoms with Crippen molar-refractivity contribution < 1.29 is 9.21 Å². The largest absolute Gasteiger partial charge is 0.461 e. The minimum Gasteiger partial charge on any atom is -0.461 e. The summed E-state index contributed by atoms with van der Waals surface area (Å²) in [7, 11) is 0. The fourth-order valence-electron chi connectivity index (χ4n) is 2.18. The van der Waals surface area contributed by atoms with Crippen molar-refractivity contribution in [3.8, 4) is 11.6 Å². The smallest absolute Gasteiger partial charge is 0.233 e. The number of hydrogen-bond donors (Lipinski definition) is 2. The van der Waals surface area contributed by atoms with Crippen LogP contribution in [0.1, 0.15) is 18.1 Å². The molecule has 3 aromatic rings. The lowest BCUT2D eigenvalue weighted by molar-refractivity contribution is -0.120. The van der Waals surface area contributed by atoms with E-state index < -0.39 is 0 Å². The van der Waals surface area contributed by atoms with Gasteiger partial charge in [0.25, 0.3) is 0 Å². The van der Waals surface area contributed by atoms with Crippen LogP contribution in [0.15, 0.2) is 52.2 Å². The van der Waals surface area contributed by atoms with E-state index in [4.69, 9.17) is 10.3 Å². The van der Waals surface area contributed by atoms with Crippen LogP contribution < -0.4 is 11.2 Å². The molecule has 1 amide bonds. The first-order valence-electron chi connectivity index (χ1n) is 7.79. The highest BCUT2D eigenvalue weighted by Crippen LogP contribution is 2.24. The number of amides is 1. The fraction of sp³-hybridized carbons (Fsp3) is 0.235. The van der Waals surface area contributed by atoms with Crippen LogP contribution in [0.2, 0.25) is 0 Å². The number of nitrogen functional groups attached to an aromatic ring is 1. The number of aromatic nitrogens is 3. The molecule has 3 N–H and O–H groups in total. The number of aryl methyl sites for hydroxylation is 1. The molecule has 0 bridgehead atoms. The quantitative estimate of drug-likeness (QED) is 0.519. The molecule has 1 aromatic carbocycles. The van der Waals surface area contributed by atoms with Crippen LogP contribution in [0, 0.1) is 6.92 Å². The van der Waals surface area contributed by atoms with Crippen molar-refractivity contribution in [2.45, 2.75) is 30.8 Å². The molecule has 25 heavy (non-hydrogen) atoms. The fourth-order valence-corrected chi connectivity index (χ4v) is 2.98. The predicted molar refractivity (Wildman–Crippen MR) is 96.2 cm³/mol. The van der Waals surface area contributed by atoms with E-state index in [-0.39, 0.29) is 11.2 Å². The monoisotopic (exact) mass is 357 g/mol. The second-order valence-corrected chi connectivity index (χ2v) is 6.92. The van der Waals surface area contributed by atoms with E-state index in [0.717, 1.165) is 5.56 Å². The van der Waals surface area contributed by atoms with E-state index in [1.165, 1.54) is 28.3 Å². The van der Waals surface area contributed by atoms with Gasteiger partial charge >= 0.3 is 0 Å². The van der Waals surface area contributed by atoms with Crippen LogP contribution in [0.4, 0.5) is 0 Å². The van der Waals surface area contributed by atoms with Crippen LogP contribution >= 0.6 is 11.8 Å². The Bertz CT molecular complexity index is 843. The maximum absolute atomic E-state index is 12.3. The zero-order chi connectivity index (χ0) is 17.8. The lowest BCUT2D eigenvalue weighted by Gasteiger charge is -2.11. The Hall–Kier alpha value is -2.74. The van der Waals surface area contributed by atoms with Gasteiger partial charge in [-0.2, -0.15) is 0 Å². The molecular weight excluding hydrogens is 338 g/mol.